The Morgan fingerprint density at radius 2 is 2.04 bits per heavy atom. The molecule has 148 valence electrons. The molecule has 0 unspecified atom stereocenters. The van der Waals surface area contributed by atoms with Gasteiger partial charge in [0.2, 0.25) is 5.95 Å². The lowest BCUT2D eigenvalue weighted by atomic mass is 10.1. The van der Waals surface area contributed by atoms with Crippen molar-refractivity contribution in [3.63, 3.8) is 0 Å². The van der Waals surface area contributed by atoms with Gasteiger partial charge in [0.05, 0.1) is 22.5 Å². The first-order chi connectivity index (χ1) is 13.3. The zero-order valence-corrected chi connectivity index (χ0v) is 16.0. The molecule has 1 saturated carbocycles. The molecule has 1 aliphatic carbocycles. The van der Waals surface area contributed by atoms with Crippen LogP contribution < -0.4 is 5.32 Å². The van der Waals surface area contributed by atoms with Gasteiger partial charge in [0.25, 0.3) is 0 Å². The minimum Gasteiger partial charge on any atom is -0.323 e. The molecule has 9 heteroatoms. The van der Waals surface area contributed by atoms with Gasteiger partial charge in [-0.25, -0.2) is 4.98 Å². The molecule has 0 saturated heterocycles. The molecular weight excluding hydrogens is 391 g/mol. The third kappa shape index (κ3) is 4.06. The summed E-state index contributed by atoms with van der Waals surface area (Å²) in [5.41, 5.74) is 1.26. The molecule has 1 aromatic carbocycles. The number of alkyl halides is 3. The van der Waals surface area contributed by atoms with Crippen LogP contribution in [0.4, 0.5) is 24.8 Å². The number of aromatic nitrogens is 4. The first-order valence-electron chi connectivity index (χ1n) is 9.16. The Morgan fingerprint density at radius 3 is 2.71 bits per heavy atom. The van der Waals surface area contributed by atoms with Crippen molar-refractivity contribution in [3.8, 4) is 0 Å². The standard InChI is InChI=1S/C19H19ClF3N5/c1-11-25-17-13(4-2-3-12-5-6-12)10-24-28(17)18(26-11)27-16-8-7-14(9-15(16)20)19(21,22)23/h7-10,12H,2-6H2,1H3,(H,25,26,27). The van der Waals surface area contributed by atoms with E-state index in [-0.39, 0.29) is 5.02 Å². The van der Waals surface area contributed by atoms with Crippen molar-refractivity contribution in [1.29, 1.82) is 0 Å². The Morgan fingerprint density at radius 1 is 1.25 bits per heavy atom. The van der Waals surface area contributed by atoms with Gasteiger partial charge in [-0.2, -0.15) is 27.8 Å². The van der Waals surface area contributed by atoms with Crippen molar-refractivity contribution in [2.45, 2.75) is 45.2 Å². The highest BCUT2D eigenvalue weighted by Crippen LogP contribution is 2.35. The van der Waals surface area contributed by atoms with E-state index < -0.39 is 11.7 Å². The first-order valence-corrected chi connectivity index (χ1v) is 9.54. The summed E-state index contributed by atoms with van der Waals surface area (Å²) in [5.74, 6) is 1.77. The van der Waals surface area contributed by atoms with Crippen molar-refractivity contribution in [2.24, 2.45) is 5.92 Å². The second kappa shape index (κ2) is 7.24. The number of nitrogens with one attached hydrogen (secondary N) is 1. The molecule has 1 N–H and O–H groups in total. The highest BCUT2D eigenvalue weighted by atomic mass is 35.5. The Labute approximate surface area is 164 Å². The molecule has 2 heterocycles. The molecular formula is C19H19ClF3N5. The molecule has 3 aromatic rings. The van der Waals surface area contributed by atoms with Crippen LogP contribution in [0.15, 0.2) is 24.4 Å². The number of rotatable bonds is 6. The maximum atomic E-state index is 12.8. The average molecular weight is 410 g/mol. The number of benzene rings is 1. The van der Waals surface area contributed by atoms with Crippen LogP contribution in [0.1, 0.15) is 42.6 Å². The Bertz CT molecular complexity index is 1010. The molecule has 28 heavy (non-hydrogen) atoms. The van der Waals surface area contributed by atoms with E-state index in [0.717, 1.165) is 36.5 Å². The van der Waals surface area contributed by atoms with Crippen LogP contribution in [0.3, 0.4) is 0 Å². The van der Waals surface area contributed by atoms with Gasteiger partial charge in [-0.3, -0.25) is 0 Å². The van der Waals surface area contributed by atoms with Gasteiger partial charge in [-0.05, 0) is 43.9 Å². The molecule has 0 radical (unpaired) electrons. The summed E-state index contributed by atoms with van der Waals surface area (Å²) in [6.07, 6.45) is 3.18. The molecule has 2 aromatic heterocycles. The number of halogens is 4. The van der Waals surface area contributed by atoms with E-state index in [2.05, 4.69) is 20.4 Å². The fourth-order valence-electron chi connectivity index (χ4n) is 3.19. The van der Waals surface area contributed by atoms with Crippen LogP contribution in [-0.2, 0) is 12.6 Å². The number of nitrogens with zero attached hydrogens (tertiary/aromatic N) is 4. The van der Waals surface area contributed by atoms with Crippen molar-refractivity contribution in [2.75, 3.05) is 5.32 Å². The van der Waals surface area contributed by atoms with Gasteiger partial charge in [0, 0.05) is 5.56 Å². The smallest absolute Gasteiger partial charge is 0.323 e. The number of hydrogen-bond donors (Lipinski definition) is 1. The van der Waals surface area contributed by atoms with Gasteiger partial charge in [-0.1, -0.05) is 30.9 Å². The Balaban J connectivity index is 1.60. The van der Waals surface area contributed by atoms with Crippen LogP contribution in [-0.4, -0.2) is 19.6 Å². The Kier molecular flexibility index (Phi) is 4.91. The highest BCUT2D eigenvalue weighted by molar-refractivity contribution is 6.33. The second-order valence-corrected chi connectivity index (χ2v) is 7.56. The van der Waals surface area contributed by atoms with Gasteiger partial charge in [-0.15, -0.1) is 0 Å². The molecule has 0 spiro atoms. The minimum atomic E-state index is -4.45. The summed E-state index contributed by atoms with van der Waals surface area (Å²) in [5, 5.41) is 7.30. The monoisotopic (exact) mass is 409 g/mol. The summed E-state index contributed by atoms with van der Waals surface area (Å²) < 4.78 is 40.1. The van der Waals surface area contributed by atoms with E-state index in [4.69, 9.17) is 11.6 Å². The molecule has 4 rings (SSSR count). The lowest BCUT2D eigenvalue weighted by Crippen LogP contribution is -2.08. The largest absolute Gasteiger partial charge is 0.416 e. The zero-order chi connectivity index (χ0) is 19.9. The predicted molar refractivity (Wildman–Crippen MR) is 101 cm³/mol. The summed E-state index contributed by atoms with van der Waals surface area (Å²) in [4.78, 5) is 8.83. The van der Waals surface area contributed by atoms with E-state index in [1.54, 1.807) is 17.6 Å². The Hall–Kier alpha value is -2.35. The van der Waals surface area contributed by atoms with Gasteiger partial charge < -0.3 is 5.32 Å². The van der Waals surface area contributed by atoms with E-state index >= 15 is 0 Å². The normalized spacial score (nSPS) is 14.6. The third-order valence-corrected chi connectivity index (χ3v) is 5.16. The summed E-state index contributed by atoms with van der Waals surface area (Å²) >= 11 is 6.05. The minimum absolute atomic E-state index is 0.0453. The number of aryl methyl sites for hydroxylation is 2. The van der Waals surface area contributed by atoms with E-state index in [0.29, 0.717) is 23.1 Å². The lowest BCUT2D eigenvalue weighted by Gasteiger charge is -2.12. The summed E-state index contributed by atoms with van der Waals surface area (Å²) in [7, 11) is 0. The maximum absolute atomic E-state index is 12.8. The first kappa shape index (κ1) is 19.0. The summed E-state index contributed by atoms with van der Waals surface area (Å²) in [6, 6.07) is 3.15. The second-order valence-electron chi connectivity index (χ2n) is 7.15. The van der Waals surface area contributed by atoms with Crippen LogP contribution in [0.25, 0.3) is 5.65 Å². The van der Waals surface area contributed by atoms with Crippen molar-refractivity contribution in [3.05, 3.63) is 46.4 Å². The summed E-state index contributed by atoms with van der Waals surface area (Å²) in [6.45, 7) is 1.76. The molecule has 0 amide bonds. The SMILES string of the molecule is Cc1nc(Nc2ccc(C(F)(F)F)cc2Cl)n2ncc(CCCC3CC3)c2n1. The zero-order valence-electron chi connectivity index (χ0n) is 15.2. The fourth-order valence-corrected chi connectivity index (χ4v) is 3.41. The van der Waals surface area contributed by atoms with Crippen molar-refractivity contribution in [1.82, 2.24) is 19.6 Å². The van der Waals surface area contributed by atoms with E-state index in [1.807, 2.05) is 0 Å². The van der Waals surface area contributed by atoms with Crippen LogP contribution >= 0.6 is 11.6 Å². The fraction of sp³-hybridized carbons (Fsp3) is 0.421. The van der Waals surface area contributed by atoms with E-state index in [1.165, 1.54) is 25.3 Å². The van der Waals surface area contributed by atoms with Gasteiger partial charge in [0.15, 0.2) is 5.65 Å². The van der Waals surface area contributed by atoms with Crippen molar-refractivity contribution >= 4 is 28.9 Å². The van der Waals surface area contributed by atoms with Crippen LogP contribution in [0.5, 0.6) is 0 Å². The maximum Gasteiger partial charge on any atom is 0.416 e. The quantitative estimate of drug-likeness (QED) is 0.577. The van der Waals surface area contributed by atoms with E-state index in [9.17, 15) is 13.2 Å². The molecule has 1 aliphatic rings. The topological polar surface area (TPSA) is 55.1 Å². The lowest BCUT2D eigenvalue weighted by molar-refractivity contribution is -0.137. The van der Waals surface area contributed by atoms with Gasteiger partial charge >= 0.3 is 6.18 Å². The number of fused-ring (bicyclic) bond motifs is 1. The molecule has 0 atom stereocenters. The number of hydrogen-bond acceptors (Lipinski definition) is 4. The predicted octanol–water partition coefficient (Wildman–Crippen LogP) is 5.58. The van der Waals surface area contributed by atoms with Gasteiger partial charge in [0.1, 0.15) is 5.82 Å². The average Bonchev–Trinajstić information content (AvgIpc) is 3.35. The van der Waals surface area contributed by atoms with Crippen molar-refractivity contribution < 1.29 is 13.2 Å². The molecule has 0 bridgehead atoms. The third-order valence-electron chi connectivity index (χ3n) is 4.85. The van der Waals surface area contributed by atoms with Crippen LogP contribution in [0.2, 0.25) is 5.02 Å². The molecule has 1 fully saturated rings. The molecule has 5 nitrogen and oxygen atoms in total. The highest BCUT2D eigenvalue weighted by Gasteiger charge is 2.31. The van der Waals surface area contributed by atoms with Crippen LogP contribution in [0, 0.1) is 12.8 Å². The molecule has 0 aliphatic heterocycles. The number of anilines is 2.